The van der Waals surface area contributed by atoms with Crippen molar-refractivity contribution in [3.63, 3.8) is 0 Å². The third-order valence-corrected chi connectivity index (χ3v) is 7.53. The summed E-state index contributed by atoms with van der Waals surface area (Å²) in [5.41, 5.74) is 0. The summed E-state index contributed by atoms with van der Waals surface area (Å²) in [7, 11) is 0. The highest BCUT2D eigenvalue weighted by molar-refractivity contribution is 7.14. The zero-order valence-corrected chi connectivity index (χ0v) is 16.7. The Hall–Kier alpha value is -1.80. The first-order valence-electron chi connectivity index (χ1n) is 9.69. The lowest BCUT2D eigenvalue weighted by molar-refractivity contribution is 0.0741. The van der Waals surface area contributed by atoms with E-state index in [1.807, 2.05) is 4.90 Å². The van der Waals surface area contributed by atoms with Gasteiger partial charge in [0.25, 0.3) is 11.8 Å². The molecular weight excluding hydrogens is 380 g/mol. The second-order valence-corrected chi connectivity index (χ2v) is 9.78. The normalized spacial score (nSPS) is 19.1. The maximum atomic E-state index is 12.9. The molecule has 0 unspecified atom stereocenters. The smallest absolute Gasteiger partial charge is 0.265 e. The second-order valence-electron chi connectivity index (χ2n) is 7.66. The van der Waals surface area contributed by atoms with E-state index in [0.29, 0.717) is 35.8 Å². The molecule has 0 aromatic carbocycles. The molecule has 142 valence electrons. The number of nitrogens with zero attached hydrogens (tertiary/aromatic N) is 3. The summed E-state index contributed by atoms with van der Waals surface area (Å²) in [6.45, 7) is 1.01. The first-order chi connectivity index (χ1) is 13.2. The van der Waals surface area contributed by atoms with Crippen LogP contribution in [0.3, 0.4) is 0 Å². The number of aromatic nitrogens is 2. The average Bonchev–Trinajstić information content (AvgIpc) is 3.58. The Balaban J connectivity index is 1.17. The van der Waals surface area contributed by atoms with Gasteiger partial charge >= 0.3 is 0 Å². The molecule has 2 aromatic rings. The molecule has 1 N–H and O–H groups in total. The highest BCUT2D eigenvalue weighted by Crippen LogP contribution is 2.42. The Morgan fingerprint density at radius 3 is 2.15 bits per heavy atom. The van der Waals surface area contributed by atoms with Crippen molar-refractivity contribution in [2.24, 2.45) is 0 Å². The van der Waals surface area contributed by atoms with E-state index >= 15 is 0 Å². The Kier molecular flexibility index (Phi) is 4.47. The molecule has 2 amide bonds. The molecule has 0 spiro atoms. The van der Waals surface area contributed by atoms with Crippen LogP contribution in [0.4, 0.5) is 0 Å². The van der Waals surface area contributed by atoms with Crippen LogP contribution in [0.25, 0.3) is 0 Å². The van der Waals surface area contributed by atoms with Gasteiger partial charge in [-0.1, -0.05) is 0 Å². The van der Waals surface area contributed by atoms with Crippen molar-refractivity contribution in [3.8, 4) is 0 Å². The van der Waals surface area contributed by atoms with Gasteiger partial charge in [-0.25, -0.2) is 9.97 Å². The molecule has 8 heteroatoms. The summed E-state index contributed by atoms with van der Waals surface area (Å²) < 4.78 is 0. The first kappa shape index (κ1) is 17.3. The summed E-state index contributed by atoms with van der Waals surface area (Å²) in [5, 5.41) is 5.12. The quantitative estimate of drug-likeness (QED) is 0.734. The van der Waals surface area contributed by atoms with Gasteiger partial charge in [-0.15, -0.1) is 22.7 Å². The van der Waals surface area contributed by atoms with Crippen molar-refractivity contribution < 1.29 is 9.59 Å². The van der Waals surface area contributed by atoms with Crippen molar-refractivity contribution in [2.75, 3.05) is 13.1 Å². The SMILES string of the molecule is O=C(NCCN(C(=O)c1cnc(C2CC2)s1)C1CC1)c1cnc(C2CC2)s1. The van der Waals surface area contributed by atoms with Crippen molar-refractivity contribution in [1.82, 2.24) is 20.2 Å². The fourth-order valence-electron chi connectivity index (χ4n) is 3.17. The van der Waals surface area contributed by atoms with Gasteiger partial charge in [-0.2, -0.15) is 0 Å². The van der Waals surface area contributed by atoms with Gasteiger partial charge in [0.15, 0.2) is 0 Å². The molecule has 0 atom stereocenters. The van der Waals surface area contributed by atoms with Crippen LogP contribution < -0.4 is 5.32 Å². The number of carbonyl (C=O) groups is 2. The fraction of sp³-hybridized carbons (Fsp3) is 0.579. The molecule has 27 heavy (non-hydrogen) atoms. The summed E-state index contributed by atoms with van der Waals surface area (Å²) in [6, 6.07) is 0.311. The molecule has 5 rings (SSSR count). The van der Waals surface area contributed by atoms with Crippen LogP contribution in [-0.4, -0.2) is 45.8 Å². The molecule has 3 fully saturated rings. The van der Waals surface area contributed by atoms with Crippen LogP contribution in [0.15, 0.2) is 12.4 Å². The highest BCUT2D eigenvalue weighted by Gasteiger charge is 2.35. The standard InChI is InChI=1S/C19H22N4O2S2/c24-16(14-9-21-17(26-14)11-1-2-11)20-7-8-23(13-5-6-13)19(25)15-10-22-18(27-15)12-3-4-12/h9-13H,1-8H2,(H,20,24). The molecule has 2 aromatic heterocycles. The van der Waals surface area contributed by atoms with E-state index in [9.17, 15) is 9.59 Å². The zero-order valence-electron chi connectivity index (χ0n) is 15.0. The van der Waals surface area contributed by atoms with Crippen LogP contribution in [0.2, 0.25) is 0 Å². The second kappa shape index (κ2) is 6.98. The monoisotopic (exact) mass is 402 g/mol. The maximum Gasteiger partial charge on any atom is 0.265 e. The Morgan fingerprint density at radius 1 is 0.963 bits per heavy atom. The maximum absolute atomic E-state index is 12.9. The minimum atomic E-state index is -0.0867. The number of amides is 2. The first-order valence-corrected chi connectivity index (χ1v) is 11.3. The van der Waals surface area contributed by atoms with Gasteiger partial charge in [0.05, 0.1) is 22.4 Å². The minimum absolute atomic E-state index is 0.0601. The van der Waals surface area contributed by atoms with Crippen LogP contribution in [0.5, 0.6) is 0 Å². The van der Waals surface area contributed by atoms with Gasteiger partial charge in [0.1, 0.15) is 9.75 Å². The topological polar surface area (TPSA) is 75.2 Å². The summed E-state index contributed by atoms with van der Waals surface area (Å²) in [5.74, 6) is 1.12. The van der Waals surface area contributed by atoms with Gasteiger partial charge < -0.3 is 10.2 Å². The zero-order chi connectivity index (χ0) is 18.4. The van der Waals surface area contributed by atoms with E-state index in [0.717, 1.165) is 27.7 Å². The van der Waals surface area contributed by atoms with Gasteiger partial charge in [-0.3, -0.25) is 9.59 Å². The van der Waals surface area contributed by atoms with E-state index in [-0.39, 0.29) is 11.8 Å². The largest absolute Gasteiger partial charge is 0.350 e. The summed E-state index contributed by atoms with van der Waals surface area (Å²) in [4.78, 5) is 37.3. The molecular formula is C19H22N4O2S2. The van der Waals surface area contributed by atoms with Gasteiger partial charge in [0.2, 0.25) is 0 Å². The lowest BCUT2D eigenvalue weighted by Gasteiger charge is -2.21. The summed E-state index contributed by atoms with van der Waals surface area (Å²) in [6.07, 6.45) is 10.3. The van der Waals surface area contributed by atoms with Crippen molar-refractivity contribution in [1.29, 1.82) is 0 Å². The summed E-state index contributed by atoms with van der Waals surface area (Å²) >= 11 is 3.03. The molecule has 6 nitrogen and oxygen atoms in total. The lowest BCUT2D eigenvalue weighted by Crippen LogP contribution is -2.39. The molecule has 0 radical (unpaired) electrons. The van der Waals surface area contributed by atoms with Gasteiger partial charge in [0, 0.05) is 31.0 Å². The number of carbonyl (C=O) groups excluding carboxylic acids is 2. The molecule has 2 heterocycles. The number of rotatable bonds is 8. The predicted molar refractivity (Wildman–Crippen MR) is 105 cm³/mol. The molecule has 3 saturated carbocycles. The van der Waals surface area contributed by atoms with Crippen LogP contribution >= 0.6 is 22.7 Å². The number of hydrogen-bond donors (Lipinski definition) is 1. The van der Waals surface area contributed by atoms with Crippen molar-refractivity contribution in [3.05, 3.63) is 32.2 Å². The van der Waals surface area contributed by atoms with E-state index in [1.54, 1.807) is 12.4 Å². The van der Waals surface area contributed by atoms with Crippen LogP contribution in [0.1, 0.15) is 79.7 Å². The van der Waals surface area contributed by atoms with Crippen molar-refractivity contribution in [2.45, 2.75) is 56.4 Å². The van der Waals surface area contributed by atoms with Crippen molar-refractivity contribution >= 4 is 34.5 Å². The number of nitrogens with one attached hydrogen (secondary N) is 1. The number of hydrogen-bond acceptors (Lipinski definition) is 6. The minimum Gasteiger partial charge on any atom is -0.350 e. The van der Waals surface area contributed by atoms with E-state index in [2.05, 4.69) is 15.3 Å². The Labute approximate surface area is 166 Å². The average molecular weight is 403 g/mol. The van der Waals surface area contributed by atoms with Crippen LogP contribution in [-0.2, 0) is 0 Å². The molecule has 0 saturated heterocycles. The lowest BCUT2D eigenvalue weighted by atomic mass is 10.3. The van der Waals surface area contributed by atoms with Gasteiger partial charge in [-0.05, 0) is 38.5 Å². The third-order valence-electron chi connectivity index (χ3n) is 5.22. The van der Waals surface area contributed by atoms with E-state index < -0.39 is 0 Å². The molecule has 3 aliphatic rings. The number of thiazole rings is 2. The predicted octanol–water partition coefficient (Wildman–Crippen LogP) is 3.39. The van der Waals surface area contributed by atoms with E-state index in [4.69, 9.17) is 0 Å². The third kappa shape index (κ3) is 3.91. The van der Waals surface area contributed by atoms with Crippen LogP contribution in [0, 0.1) is 0 Å². The Morgan fingerprint density at radius 2 is 1.56 bits per heavy atom. The van der Waals surface area contributed by atoms with E-state index in [1.165, 1.54) is 48.4 Å². The Bertz CT molecular complexity index is 865. The molecule has 3 aliphatic carbocycles. The molecule has 0 bridgehead atoms. The highest BCUT2D eigenvalue weighted by atomic mass is 32.1. The molecule has 0 aliphatic heterocycles. The fourth-order valence-corrected chi connectivity index (χ4v) is 5.22.